The molecular weight excluding hydrogens is 430 g/mol. The Kier molecular flexibility index (Phi) is 6.75. The van der Waals surface area contributed by atoms with Crippen molar-refractivity contribution >= 4 is 23.3 Å². The molecule has 2 aromatic heterocycles. The van der Waals surface area contributed by atoms with E-state index in [2.05, 4.69) is 10.2 Å². The van der Waals surface area contributed by atoms with Gasteiger partial charge in [0.1, 0.15) is 0 Å². The second kappa shape index (κ2) is 9.86. The first kappa shape index (κ1) is 21.9. The van der Waals surface area contributed by atoms with Crippen molar-refractivity contribution in [3.8, 4) is 28.7 Å². The Morgan fingerprint density at radius 3 is 2.62 bits per heavy atom. The van der Waals surface area contributed by atoms with E-state index in [1.54, 1.807) is 57.0 Å². The van der Waals surface area contributed by atoms with Crippen LogP contribution in [-0.2, 0) is 4.79 Å². The van der Waals surface area contributed by atoms with E-state index in [0.717, 1.165) is 24.0 Å². The highest BCUT2D eigenvalue weighted by atomic mass is 32.1. The monoisotopic (exact) mass is 455 g/mol. The van der Waals surface area contributed by atoms with Crippen LogP contribution in [0.2, 0.25) is 0 Å². The van der Waals surface area contributed by atoms with Crippen LogP contribution in [0.4, 0.5) is 0 Å². The number of hydrogen-bond acceptors (Lipinski definition) is 8. The van der Waals surface area contributed by atoms with Gasteiger partial charge in [-0.05, 0) is 48.1 Å². The summed E-state index contributed by atoms with van der Waals surface area (Å²) < 4.78 is 22.0. The lowest BCUT2D eigenvalue weighted by Gasteiger charge is -2.30. The Morgan fingerprint density at radius 2 is 1.97 bits per heavy atom. The smallest absolute Gasteiger partial charge is 0.248 e. The summed E-state index contributed by atoms with van der Waals surface area (Å²) in [6.07, 6.45) is 5.10. The average molecular weight is 456 g/mol. The Balaban J connectivity index is 1.45. The molecule has 1 aromatic carbocycles. The van der Waals surface area contributed by atoms with Crippen molar-refractivity contribution in [1.29, 1.82) is 0 Å². The minimum absolute atomic E-state index is 0.0298. The van der Waals surface area contributed by atoms with E-state index in [1.807, 2.05) is 21.7 Å². The van der Waals surface area contributed by atoms with Crippen molar-refractivity contribution in [3.05, 3.63) is 46.5 Å². The van der Waals surface area contributed by atoms with Crippen LogP contribution in [0.3, 0.4) is 0 Å². The third kappa shape index (κ3) is 4.62. The summed E-state index contributed by atoms with van der Waals surface area (Å²) in [7, 11) is 4.68. The first-order valence-corrected chi connectivity index (χ1v) is 11.2. The predicted octanol–water partition coefficient (Wildman–Crippen LogP) is 4.24. The van der Waals surface area contributed by atoms with E-state index >= 15 is 0 Å². The van der Waals surface area contributed by atoms with E-state index in [0.29, 0.717) is 42.1 Å². The van der Waals surface area contributed by atoms with Gasteiger partial charge in [0.25, 0.3) is 0 Å². The quantitative estimate of drug-likeness (QED) is 0.492. The van der Waals surface area contributed by atoms with Crippen LogP contribution in [0.15, 0.2) is 39.5 Å². The number of amides is 1. The number of carbonyl (C=O) groups excluding carboxylic acids is 1. The van der Waals surface area contributed by atoms with Crippen molar-refractivity contribution in [2.45, 2.75) is 18.8 Å². The number of piperidine rings is 1. The fourth-order valence-corrected chi connectivity index (χ4v) is 4.38. The van der Waals surface area contributed by atoms with E-state index < -0.39 is 0 Å². The van der Waals surface area contributed by atoms with Gasteiger partial charge < -0.3 is 23.5 Å². The van der Waals surface area contributed by atoms with Crippen LogP contribution in [0.1, 0.15) is 30.2 Å². The number of nitrogens with zero attached hydrogens (tertiary/aromatic N) is 3. The lowest BCUT2D eigenvalue weighted by atomic mass is 9.98. The molecule has 4 rings (SSSR count). The molecule has 3 aromatic rings. The second-order valence-corrected chi connectivity index (χ2v) is 8.15. The fourth-order valence-electron chi connectivity index (χ4n) is 3.75. The third-order valence-electron chi connectivity index (χ3n) is 5.40. The standard InChI is InChI=1S/C23H25N3O5S/c1-28-18-11-15(12-19(29-2)21(18)30-3)6-7-20(27)26-9-4-5-16(13-26)22-24-25-23(31-22)17-8-10-32-14-17/h6-8,10-12,14,16H,4-5,9,13H2,1-3H3/b7-6+. The summed E-state index contributed by atoms with van der Waals surface area (Å²) in [6.45, 7) is 1.24. The molecule has 0 spiro atoms. The SMILES string of the molecule is COc1cc(/C=C/C(=O)N2CCCC(c3nnc(-c4ccsc4)o3)C2)cc(OC)c1OC. The van der Waals surface area contributed by atoms with E-state index in [4.69, 9.17) is 18.6 Å². The van der Waals surface area contributed by atoms with Crippen LogP contribution in [-0.4, -0.2) is 55.4 Å². The lowest BCUT2D eigenvalue weighted by Crippen LogP contribution is -2.38. The van der Waals surface area contributed by atoms with Crippen LogP contribution in [0, 0.1) is 0 Å². The topological polar surface area (TPSA) is 86.9 Å². The van der Waals surface area contributed by atoms with Crippen molar-refractivity contribution in [3.63, 3.8) is 0 Å². The van der Waals surface area contributed by atoms with Crippen LogP contribution < -0.4 is 14.2 Å². The summed E-state index contributed by atoms with van der Waals surface area (Å²) in [5.41, 5.74) is 1.70. The summed E-state index contributed by atoms with van der Waals surface area (Å²) >= 11 is 1.58. The normalized spacial score (nSPS) is 16.3. The fraction of sp³-hybridized carbons (Fsp3) is 0.348. The number of hydrogen-bond donors (Lipinski definition) is 0. The maximum absolute atomic E-state index is 12.9. The Labute approximate surface area is 190 Å². The number of ether oxygens (including phenoxy) is 3. The van der Waals surface area contributed by atoms with Gasteiger partial charge in [-0.1, -0.05) is 0 Å². The van der Waals surface area contributed by atoms with Gasteiger partial charge in [-0.15, -0.1) is 10.2 Å². The molecule has 8 nitrogen and oxygen atoms in total. The van der Waals surface area contributed by atoms with Gasteiger partial charge in [0.15, 0.2) is 11.5 Å². The number of rotatable bonds is 7. The van der Waals surface area contributed by atoms with Gasteiger partial charge in [0, 0.05) is 30.1 Å². The van der Waals surface area contributed by atoms with Crippen LogP contribution in [0.25, 0.3) is 17.5 Å². The van der Waals surface area contributed by atoms with Crippen LogP contribution >= 0.6 is 11.3 Å². The first-order valence-electron chi connectivity index (χ1n) is 10.3. The summed E-state index contributed by atoms with van der Waals surface area (Å²) in [5, 5.41) is 12.3. The molecule has 0 radical (unpaired) electrons. The molecule has 0 bridgehead atoms. The van der Waals surface area contributed by atoms with Crippen molar-refractivity contribution in [1.82, 2.24) is 15.1 Å². The Hall–Kier alpha value is -3.33. The third-order valence-corrected chi connectivity index (χ3v) is 6.08. The summed E-state index contributed by atoms with van der Waals surface area (Å²) in [5.74, 6) is 2.65. The molecule has 168 valence electrons. The number of aromatic nitrogens is 2. The van der Waals surface area contributed by atoms with Gasteiger partial charge in [-0.3, -0.25) is 4.79 Å². The zero-order valence-corrected chi connectivity index (χ0v) is 19.1. The number of methoxy groups -OCH3 is 3. The molecule has 0 saturated carbocycles. The average Bonchev–Trinajstić information content (AvgIpc) is 3.54. The highest BCUT2D eigenvalue weighted by Gasteiger charge is 2.28. The summed E-state index contributed by atoms with van der Waals surface area (Å²) in [6, 6.07) is 5.55. The number of thiophene rings is 1. The molecule has 1 unspecified atom stereocenters. The lowest BCUT2D eigenvalue weighted by molar-refractivity contribution is -0.127. The molecule has 1 fully saturated rings. The van der Waals surface area contributed by atoms with E-state index in [1.165, 1.54) is 0 Å². The van der Waals surface area contributed by atoms with Gasteiger partial charge in [-0.25, -0.2) is 0 Å². The zero-order chi connectivity index (χ0) is 22.5. The van der Waals surface area contributed by atoms with Gasteiger partial charge in [0.2, 0.25) is 23.4 Å². The second-order valence-electron chi connectivity index (χ2n) is 7.37. The number of carbonyl (C=O) groups is 1. The predicted molar refractivity (Wildman–Crippen MR) is 121 cm³/mol. The number of benzene rings is 1. The molecule has 32 heavy (non-hydrogen) atoms. The van der Waals surface area contributed by atoms with E-state index in [9.17, 15) is 4.79 Å². The Bertz CT molecular complexity index is 1070. The highest BCUT2D eigenvalue weighted by molar-refractivity contribution is 7.08. The molecule has 0 aliphatic carbocycles. The molecule has 1 aliphatic rings. The molecule has 1 amide bonds. The van der Waals surface area contributed by atoms with Gasteiger partial charge >= 0.3 is 0 Å². The zero-order valence-electron chi connectivity index (χ0n) is 18.2. The molecule has 3 heterocycles. The van der Waals surface area contributed by atoms with Crippen LogP contribution in [0.5, 0.6) is 17.2 Å². The molecule has 1 aliphatic heterocycles. The largest absolute Gasteiger partial charge is 0.493 e. The minimum atomic E-state index is -0.0685. The maximum Gasteiger partial charge on any atom is 0.248 e. The number of likely N-dealkylation sites (tertiary alicyclic amines) is 1. The van der Waals surface area contributed by atoms with Gasteiger partial charge in [-0.2, -0.15) is 11.3 Å². The first-order chi connectivity index (χ1) is 15.6. The molecule has 1 saturated heterocycles. The van der Waals surface area contributed by atoms with Crippen molar-refractivity contribution in [2.24, 2.45) is 0 Å². The van der Waals surface area contributed by atoms with E-state index in [-0.39, 0.29) is 11.8 Å². The molecule has 0 N–H and O–H groups in total. The van der Waals surface area contributed by atoms with Crippen molar-refractivity contribution < 1.29 is 23.4 Å². The summed E-state index contributed by atoms with van der Waals surface area (Å²) in [4.78, 5) is 14.7. The van der Waals surface area contributed by atoms with Gasteiger partial charge in [0.05, 0.1) is 27.2 Å². The highest BCUT2D eigenvalue weighted by Crippen LogP contribution is 2.38. The minimum Gasteiger partial charge on any atom is -0.493 e. The molecule has 9 heteroatoms. The Morgan fingerprint density at radius 1 is 1.19 bits per heavy atom. The van der Waals surface area contributed by atoms with Crippen molar-refractivity contribution in [2.75, 3.05) is 34.4 Å². The molecular formula is C23H25N3O5S. The molecule has 1 atom stereocenters. The maximum atomic E-state index is 12.9.